The Balaban J connectivity index is 1.62. The molecule has 1 N–H and O–H groups in total. The lowest BCUT2D eigenvalue weighted by Crippen LogP contribution is -2.50. The van der Waals surface area contributed by atoms with Gasteiger partial charge in [0.2, 0.25) is 0 Å². The minimum absolute atomic E-state index is 0.545. The van der Waals surface area contributed by atoms with Gasteiger partial charge in [-0.3, -0.25) is 4.90 Å². The summed E-state index contributed by atoms with van der Waals surface area (Å²) < 4.78 is 5.45. The maximum Gasteiger partial charge on any atom is 0.117 e. The molecule has 0 radical (unpaired) electrons. The first-order valence-corrected chi connectivity index (χ1v) is 6.82. The Labute approximate surface area is 103 Å². The average Bonchev–Trinajstić information content (AvgIpc) is 2.83. The molecular weight excluding hydrogens is 212 g/mol. The predicted molar refractivity (Wildman–Crippen MR) is 67.8 cm³/mol. The molecule has 1 atom stereocenters. The Morgan fingerprint density at radius 3 is 3.06 bits per heavy atom. The minimum Gasteiger partial charge on any atom is -0.468 e. The Kier molecular flexibility index (Phi) is 3.21. The van der Waals surface area contributed by atoms with Crippen molar-refractivity contribution >= 4 is 0 Å². The molecule has 1 aromatic rings. The summed E-state index contributed by atoms with van der Waals surface area (Å²) in [6.45, 7) is 5.86. The Morgan fingerprint density at radius 1 is 1.35 bits per heavy atom. The lowest BCUT2D eigenvalue weighted by molar-refractivity contribution is 0.0561. The van der Waals surface area contributed by atoms with Gasteiger partial charge in [0.15, 0.2) is 0 Å². The summed E-state index contributed by atoms with van der Waals surface area (Å²) in [6, 6.07) is 4.07. The first-order chi connectivity index (χ1) is 8.36. The minimum atomic E-state index is 0.545. The van der Waals surface area contributed by atoms with Crippen molar-refractivity contribution in [2.75, 3.05) is 26.2 Å². The molecule has 3 rings (SSSR count). The van der Waals surface area contributed by atoms with E-state index < -0.39 is 0 Å². The molecule has 1 aromatic heterocycles. The summed E-state index contributed by atoms with van der Waals surface area (Å²) in [7, 11) is 0. The van der Waals surface area contributed by atoms with Crippen LogP contribution in [0, 0.1) is 5.41 Å². The van der Waals surface area contributed by atoms with Gasteiger partial charge in [-0.15, -0.1) is 0 Å². The van der Waals surface area contributed by atoms with Gasteiger partial charge >= 0.3 is 0 Å². The average molecular weight is 234 g/mol. The third-order valence-electron chi connectivity index (χ3n) is 4.26. The van der Waals surface area contributed by atoms with E-state index in [0.717, 1.165) is 12.3 Å². The van der Waals surface area contributed by atoms with Gasteiger partial charge in [0.1, 0.15) is 5.76 Å². The predicted octanol–water partition coefficient (Wildman–Crippen LogP) is 2.25. The summed E-state index contributed by atoms with van der Waals surface area (Å²) in [6.07, 6.45) is 7.25. The highest BCUT2D eigenvalue weighted by Crippen LogP contribution is 2.36. The highest BCUT2D eigenvalue weighted by atomic mass is 16.3. The first kappa shape index (κ1) is 11.3. The van der Waals surface area contributed by atoms with Gasteiger partial charge in [-0.05, 0) is 56.3 Å². The number of hydrogen-bond acceptors (Lipinski definition) is 3. The molecule has 2 aliphatic rings. The quantitative estimate of drug-likeness (QED) is 0.850. The van der Waals surface area contributed by atoms with Crippen molar-refractivity contribution in [1.29, 1.82) is 0 Å². The molecule has 0 aromatic carbocycles. The standard InChI is InChI=1S/C14H22N2O/c1-4-13(17-9-1)10-16-8-3-6-14(12-16)5-2-7-15-11-14/h1,4,9,15H,2-3,5-8,10-12H2. The maximum atomic E-state index is 5.45. The van der Waals surface area contributed by atoms with Crippen molar-refractivity contribution in [2.45, 2.75) is 32.2 Å². The summed E-state index contributed by atoms with van der Waals surface area (Å²) in [5.41, 5.74) is 0.545. The second kappa shape index (κ2) is 4.83. The largest absolute Gasteiger partial charge is 0.468 e. The van der Waals surface area contributed by atoms with Crippen LogP contribution in [0.4, 0.5) is 0 Å². The van der Waals surface area contributed by atoms with Crippen LogP contribution in [0.5, 0.6) is 0 Å². The van der Waals surface area contributed by atoms with Gasteiger partial charge in [-0.25, -0.2) is 0 Å². The lowest BCUT2D eigenvalue weighted by atomic mass is 9.74. The third kappa shape index (κ3) is 2.55. The number of likely N-dealkylation sites (tertiary alicyclic amines) is 1. The van der Waals surface area contributed by atoms with Gasteiger partial charge in [0, 0.05) is 13.1 Å². The lowest BCUT2D eigenvalue weighted by Gasteiger charge is -2.45. The van der Waals surface area contributed by atoms with Crippen molar-refractivity contribution in [2.24, 2.45) is 5.41 Å². The van der Waals surface area contributed by atoms with Crippen molar-refractivity contribution < 1.29 is 4.42 Å². The van der Waals surface area contributed by atoms with Crippen LogP contribution in [-0.2, 0) is 6.54 Å². The molecule has 2 fully saturated rings. The molecule has 94 valence electrons. The molecule has 3 heteroatoms. The van der Waals surface area contributed by atoms with E-state index in [4.69, 9.17) is 4.42 Å². The number of hydrogen-bond donors (Lipinski definition) is 1. The third-order valence-corrected chi connectivity index (χ3v) is 4.26. The Bertz CT molecular complexity index is 336. The first-order valence-electron chi connectivity index (χ1n) is 6.82. The highest BCUT2D eigenvalue weighted by molar-refractivity contribution is 4.99. The summed E-state index contributed by atoms with van der Waals surface area (Å²) in [4.78, 5) is 2.56. The van der Waals surface area contributed by atoms with Gasteiger partial charge in [0.25, 0.3) is 0 Å². The number of nitrogens with zero attached hydrogens (tertiary/aromatic N) is 1. The normalized spacial score (nSPS) is 30.8. The topological polar surface area (TPSA) is 28.4 Å². The molecule has 2 aliphatic heterocycles. The number of furan rings is 1. The van der Waals surface area contributed by atoms with E-state index in [1.165, 1.54) is 51.9 Å². The van der Waals surface area contributed by atoms with E-state index >= 15 is 0 Å². The summed E-state index contributed by atoms with van der Waals surface area (Å²) >= 11 is 0. The van der Waals surface area contributed by atoms with Crippen molar-refractivity contribution in [3.05, 3.63) is 24.2 Å². The van der Waals surface area contributed by atoms with Crippen molar-refractivity contribution in [1.82, 2.24) is 10.2 Å². The molecular formula is C14H22N2O. The SMILES string of the molecule is c1coc(CN2CCCC3(CCCNC3)C2)c1. The zero-order valence-corrected chi connectivity index (χ0v) is 10.5. The fraction of sp³-hybridized carbons (Fsp3) is 0.714. The molecule has 1 unspecified atom stereocenters. The van der Waals surface area contributed by atoms with E-state index in [1.807, 2.05) is 6.07 Å². The molecule has 3 heterocycles. The van der Waals surface area contributed by atoms with E-state index in [9.17, 15) is 0 Å². The molecule has 3 nitrogen and oxygen atoms in total. The van der Waals surface area contributed by atoms with Crippen LogP contribution in [0.15, 0.2) is 22.8 Å². The van der Waals surface area contributed by atoms with Crippen LogP contribution in [0.1, 0.15) is 31.4 Å². The van der Waals surface area contributed by atoms with Gasteiger partial charge < -0.3 is 9.73 Å². The number of nitrogens with one attached hydrogen (secondary N) is 1. The van der Waals surface area contributed by atoms with Crippen molar-refractivity contribution in [3.63, 3.8) is 0 Å². The summed E-state index contributed by atoms with van der Waals surface area (Å²) in [5, 5.41) is 3.57. The van der Waals surface area contributed by atoms with Crippen molar-refractivity contribution in [3.8, 4) is 0 Å². The molecule has 1 spiro atoms. The molecule has 17 heavy (non-hydrogen) atoms. The van der Waals surface area contributed by atoms with Crippen LogP contribution in [0.2, 0.25) is 0 Å². The smallest absolute Gasteiger partial charge is 0.117 e. The maximum absolute atomic E-state index is 5.45. The fourth-order valence-corrected chi connectivity index (χ4v) is 3.45. The van der Waals surface area contributed by atoms with Crippen LogP contribution >= 0.6 is 0 Å². The molecule has 0 saturated carbocycles. The van der Waals surface area contributed by atoms with E-state index in [-0.39, 0.29) is 0 Å². The van der Waals surface area contributed by atoms with Crippen LogP contribution in [0.3, 0.4) is 0 Å². The monoisotopic (exact) mass is 234 g/mol. The molecule has 2 saturated heterocycles. The molecule has 0 aliphatic carbocycles. The van der Waals surface area contributed by atoms with Crippen LogP contribution < -0.4 is 5.32 Å². The number of rotatable bonds is 2. The van der Waals surface area contributed by atoms with Crippen LogP contribution in [0.25, 0.3) is 0 Å². The summed E-state index contributed by atoms with van der Waals surface area (Å²) in [5.74, 6) is 1.10. The van der Waals surface area contributed by atoms with Crippen LogP contribution in [-0.4, -0.2) is 31.1 Å². The fourth-order valence-electron chi connectivity index (χ4n) is 3.45. The van der Waals surface area contributed by atoms with E-state index in [2.05, 4.69) is 16.3 Å². The second-order valence-corrected chi connectivity index (χ2v) is 5.67. The molecule has 0 bridgehead atoms. The van der Waals surface area contributed by atoms with Gasteiger partial charge in [0.05, 0.1) is 12.8 Å². The van der Waals surface area contributed by atoms with Gasteiger partial charge in [-0.1, -0.05) is 0 Å². The Morgan fingerprint density at radius 2 is 2.29 bits per heavy atom. The van der Waals surface area contributed by atoms with E-state index in [0.29, 0.717) is 5.41 Å². The second-order valence-electron chi connectivity index (χ2n) is 5.67. The zero-order valence-electron chi connectivity index (χ0n) is 10.5. The Hall–Kier alpha value is -0.800. The van der Waals surface area contributed by atoms with E-state index in [1.54, 1.807) is 6.26 Å². The molecule has 0 amide bonds. The highest BCUT2D eigenvalue weighted by Gasteiger charge is 2.36. The zero-order chi connectivity index (χ0) is 11.6. The number of piperidine rings is 2. The van der Waals surface area contributed by atoms with Gasteiger partial charge in [-0.2, -0.15) is 0 Å².